The standard InChI is InChI=1S/C56H103N9O39.C18H32O16.CH4/c1-87-56(86)65-28-38(84)46(19(10-74)96-55(28)104-45-18(9-73)95-49(27(64)37(45)83)97-39-12(3-67)88-47(85)20(57)31(39)77)103-54-26(63)36(82)44(17(8-72)94-54)102-53-25(62)35(81)43(16(7-71)93-53)101-52-24(61)34(80)42(15(6-70)92-52)100-51-23(60)33(79)41(14(5-69)91-51)99-50-22(59)32(78)40(13(4-68)90-50)98-48-21(58)30(76)29(75)11(2-66)89-48;19-1-4-7(22)8(23)12(27)17(31-4)34-15-6(3-21)32-18(13(28)10(15)25)33-14-5(2-20)30-16(29)11(26)9(14)24;/h11-55,66-85H,2-10,57-64H2,1H3,(H,65,86);4-29H,1-3H2;1H4/t11-,12-,13-,14-,15-,16-,17-,18-,19-,20-,21-,22-,23-,24-,25-,26-,27-,28-,29-,30-,31-,32-,33-,34-,35-,36-,37-,38-,39-,40-,41-,42-,43-,44-,45-,46-,47-,48+,49+,50+,51+,52+,53+,54+,55+;4-,5-,6-,7-,8+,9-,10-,11-,12-,13-,14-,15-,16?,17+,18+;/m11./s1. The average Bonchev–Trinajstić information content (AvgIpc) is 0.777. The molecular weight excluding hydrogens is 1910 g/mol. The highest BCUT2D eigenvalue weighted by Gasteiger charge is 2.62. The SMILES string of the molecule is C.COC(=O)N[C@H]1[C@H](O[C@H]2[C@H](O)[C@@H](N)[C@H](O[C@H]3[C@H](O)[C@@H](N)[C@H](O)O[C@@H]3CO)O[C@@H]2CO)O[C@H](CO)[C@@H](O[C@@H]2O[C@H](CO)[C@@H](O[C@@H]3O[C@H](CO)[C@@H](O[C@@H]4O[C@H](CO)[C@@H](O[C@@H]5O[C@H](CO)[C@@H](O[C@@H]6O[C@H](CO)[C@@H](O[C@@H]7O[C@H](CO)[C@@H](O)[C@H](O)[C@H]7N)[C@H](O)[C@H]6N)[C@H](O)[C@H]5N)[C@H](O)[C@H]4N)[C@H](O)[C@H]3N)[C@H](O)[C@H]2N)[C@@H]1O.OC[C@H]1O[C@@H](O[C@H]2[C@H](O)[C@@H](O)[C@H](O[C@H]3[C@H](O)[C@@H](O)C(O)O[C@@H]3CO)O[C@@H]2CO)[C@H](O)[C@@H](O)[C@@H]1O. The van der Waals surface area contributed by atoms with Crippen molar-refractivity contribution in [2.45, 2.75) is 375 Å². The average molecular weight is 2050 g/mol. The van der Waals surface area contributed by atoms with Crippen LogP contribution in [0.3, 0.4) is 0 Å². The normalized spacial score (nSPS) is 51.7. The van der Waals surface area contributed by atoms with Gasteiger partial charge in [0.15, 0.2) is 75.5 Å². The molecule has 12 aliphatic heterocycles. The van der Waals surface area contributed by atoms with Crippen molar-refractivity contribution >= 4 is 6.09 Å². The van der Waals surface area contributed by atoms with Gasteiger partial charge in [0.1, 0.15) is 244 Å². The van der Waals surface area contributed by atoms with Crippen LogP contribution in [-0.4, -0.2) is 619 Å². The summed E-state index contributed by atoms with van der Waals surface area (Å²) in [6.45, 7) is -10.6. The molecule has 12 heterocycles. The maximum Gasteiger partial charge on any atom is 0.407 e. The van der Waals surface area contributed by atoms with Crippen molar-refractivity contribution in [3.8, 4) is 0 Å². The number of aliphatic hydroxyl groups excluding tert-OH is 31. The van der Waals surface area contributed by atoms with E-state index in [1.165, 1.54) is 0 Å². The predicted octanol–water partition coefficient (Wildman–Crippen LogP) is -27.5. The Balaban J connectivity index is 0.000000477. The van der Waals surface area contributed by atoms with Gasteiger partial charge in [-0.05, 0) is 0 Å². The van der Waals surface area contributed by atoms with Gasteiger partial charge in [-0.3, -0.25) is 0 Å². The molecule has 814 valence electrons. The molecule has 0 aromatic rings. The van der Waals surface area contributed by atoms with Gasteiger partial charge in [-0.1, -0.05) is 7.43 Å². The molecule has 12 fully saturated rings. The Morgan fingerprint density at radius 3 is 0.676 bits per heavy atom. The number of carbonyl (C=O) groups is 1. The molecule has 0 aromatic heterocycles. The van der Waals surface area contributed by atoms with Gasteiger partial charge in [-0.2, -0.15) is 0 Å². The topological polar surface area (TPSA) is 1080 Å². The smallest absolute Gasteiger partial charge is 0.407 e. The highest BCUT2D eigenvalue weighted by Crippen LogP contribution is 2.41. The summed E-state index contributed by atoms with van der Waals surface area (Å²) < 4.78 is 131. The zero-order valence-corrected chi connectivity index (χ0v) is 73.4. The third-order valence-electron chi connectivity index (χ3n) is 26.0. The Labute approximate surface area is 788 Å². The van der Waals surface area contributed by atoms with E-state index in [4.69, 9.17) is 155 Å². The van der Waals surface area contributed by atoms with Crippen LogP contribution in [0.2, 0.25) is 0 Å². The van der Waals surface area contributed by atoms with E-state index in [0.29, 0.717) is 0 Å². The number of rotatable bonds is 33. The molecule has 1 unspecified atom stereocenters. The van der Waals surface area contributed by atoms with Crippen LogP contribution in [0.4, 0.5) is 4.79 Å². The molecule has 0 aromatic carbocycles. The zero-order valence-electron chi connectivity index (χ0n) is 73.4. The van der Waals surface area contributed by atoms with Crippen molar-refractivity contribution in [2.75, 3.05) is 86.4 Å². The monoisotopic (exact) mass is 2050 g/mol. The number of hydrogen-bond donors (Lipinski definition) is 40. The molecule has 12 aliphatic rings. The van der Waals surface area contributed by atoms with E-state index in [9.17, 15) is 163 Å². The van der Waals surface area contributed by atoms with Gasteiger partial charge in [0.05, 0.1) is 135 Å². The molecule has 48 N–H and O–H groups in total. The van der Waals surface area contributed by atoms with E-state index in [1.807, 2.05) is 0 Å². The summed E-state index contributed by atoms with van der Waals surface area (Å²) in [5.74, 6) is 0. The number of ether oxygens (including phenoxy) is 23. The molecule has 0 saturated carbocycles. The van der Waals surface area contributed by atoms with Crippen LogP contribution >= 0.6 is 0 Å². The largest absolute Gasteiger partial charge is 0.453 e. The Hall–Kier alpha value is -3.17. The van der Waals surface area contributed by atoms with Crippen LogP contribution in [0.5, 0.6) is 0 Å². The lowest BCUT2D eigenvalue weighted by atomic mass is 9.93. The summed E-state index contributed by atoms with van der Waals surface area (Å²) in [6.07, 6.45) is -87.7. The fraction of sp³-hybridized carbons (Fsp3) is 0.987. The summed E-state index contributed by atoms with van der Waals surface area (Å²) in [4.78, 5) is 12.8. The highest BCUT2D eigenvalue weighted by molar-refractivity contribution is 5.67. The van der Waals surface area contributed by atoms with Crippen LogP contribution in [0.15, 0.2) is 0 Å². The van der Waals surface area contributed by atoms with Gasteiger partial charge in [-0.15, -0.1) is 0 Å². The molecule has 12 saturated heterocycles. The number of nitrogens with one attached hydrogen (secondary N) is 1. The molecule has 1 amide bonds. The van der Waals surface area contributed by atoms with Crippen molar-refractivity contribution in [1.29, 1.82) is 0 Å². The molecule has 64 heteroatoms. The molecule has 12 rings (SSSR count). The second-order valence-corrected chi connectivity index (χ2v) is 34.9. The molecule has 64 nitrogen and oxygen atoms in total. The number of methoxy groups -OCH3 is 1. The zero-order chi connectivity index (χ0) is 102. The second kappa shape index (κ2) is 51.8. The summed E-state index contributed by atoms with van der Waals surface area (Å²) in [5, 5.41) is 328. The van der Waals surface area contributed by atoms with Gasteiger partial charge >= 0.3 is 6.09 Å². The second-order valence-electron chi connectivity index (χ2n) is 34.9. The molecule has 0 aliphatic carbocycles. The minimum Gasteiger partial charge on any atom is -0.453 e. The van der Waals surface area contributed by atoms with Crippen molar-refractivity contribution < 1.29 is 272 Å². The Morgan fingerprint density at radius 1 is 0.209 bits per heavy atom. The van der Waals surface area contributed by atoms with E-state index < -0.39 is 453 Å². The fourth-order valence-electron chi connectivity index (χ4n) is 17.8. The van der Waals surface area contributed by atoms with Gasteiger partial charge < -0.3 is 318 Å². The summed E-state index contributed by atoms with van der Waals surface area (Å²) in [6, 6.07) is -14.6. The minimum absolute atomic E-state index is 0. The van der Waals surface area contributed by atoms with Gasteiger partial charge in [0.25, 0.3) is 0 Å². The molecule has 139 heavy (non-hydrogen) atoms. The van der Waals surface area contributed by atoms with Crippen molar-refractivity contribution in [2.24, 2.45) is 45.9 Å². The number of amides is 1. The highest BCUT2D eigenvalue weighted by atomic mass is 16.8. The van der Waals surface area contributed by atoms with Crippen LogP contribution in [0, 0.1) is 0 Å². The Bertz CT molecular complexity index is 3610. The maximum atomic E-state index is 12.8. The third-order valence-corrected chi connectivity index (χ3v) is 26.0. The summed E-state index contributed by atoms with van der Waals surface area (Å²) in [5.41, 5.74) is 50.2. The number of nitrogens with two attached hydrogens (primary N) is 8. The van der Waals surface area contributed by atoms with E-state index in [2.05, 4.69) is 5.32 Å². The third kappa shape index (κ3) is 25.3. The van der Waals surface area contributed by atoms with Crippen LogP contribution < -0.4 is 51.2 Å². The van der Waals surface area contributed by atoms with E-state index in [-0.39, 0.29) is 7.43 Å². The molecule has 0 spiro atoms. The lowest BCUT2D eigenvalue weighted by Crippen LogP contribution is -2.71. The van der Waals surface area contributed by atoms with E-state index in [0.717, 1.165) is 7.11 Å². The summed E-state index contributed by atoms with van der Waals surface area (Å²) in [7, 11) is 0.957. The van der Waals surface area contributed by atoms with Crippen LogP contribution in [0.25, 0.3) is 0 Å². The lowest BCUT2D eigenvalue weighted by molar-refractivity contribution is -0.377. The van der Waals surface area contributed by atoms with Crippen molar-refractivity contribution in [3.63, 3.8) is 0 Å². The summed E-state index contributed by atoms with van der Waals surface area (Å²) >= 11 is 0. The lowest BCUT2D eigenvalue weighted by Gasteiger charge is -2.51. The van der Waals surface area contributed by atoms with Crippen molar-refractivity contribution in [3.05, 3.63) is 0 Å². The molecule has 0 bridgehead atoms. The Morgan fingerprint density at radius 2 is 0.396 bits per heavy atom. The Kier molecular flexibility index (Phi) is 43.9. The number of hydrogen-bond acceptors (Lipinski definition) is 63. The van der Waals surface area contributed by atoms with E-state index >= 15 is 0 Å². The van der Waals surface area contributed by atoms with Crippen LogP contribution in [-0.2, 0) is 109 Å². The van der Waals surface area contributed by atoms with Gasteiger partial charge in [0.2, 0.25) is 0 Å². The first-order valence-electron chi connectivity index (χ1n) is 44.0. The van der Waals surface area contributed by atoms with Gasteiger partial charge in [-0.25, -0.2) is 4.79 Å². The molecular formula is C75H139N9O55. The quantitative estimate of drug-likeness (QED) is 0.0290. The fourth-order valence-corrected chi connectivity index (χ4v) is 17.8. The van der Waals surface area contributed by atoms with Crippen molar-refractivity contribution in [1.82, 2.24) is 5.32 Å². The maximum absolute atomic E-state index is 12.8. The number of carbonyl (C=O) groups excluding carboxylic acids is 1. The van der Waals surface area contributed by atoms with Gasteiger partial charge in [0, 0.05) is 0 Å². The van der Waals surface area contributed by atoms with Crippen LogP contribution in [0.1, 0.15) is 7.43 Å². The number of aliphatic hydroxyl groups is 31. The number of alkyl carbamates (subject to hydrolysis) is 1. The predicted molar refractivity (Wildman–Crippen MR) is 434 cm³/mol. The first-order valence-corrected chi connectivity index (χ1v) is 44.0. The molecule has 60 atom stereocenters. The first-order chi connectivity index (χ1) is 65.4. The van der Waals surface area contributed by atoms with E-state index in [1.54, 1.807) is 0 Å². The first kappa shape index (κ1) is 118. The molecule has 0 radical (unpaired) electrons. The minimum atomic E-state index is -2.04.